The summed E-state index contributed by atoms with van der Waals surface area (Å²) in [6.45, 7) is 4.96. The number of para-hydroxylation sites is 2. The van der Waals surface area contributed by atoms with E-state index in [9.17, 15) is 9.59 Å². The zero-order valence-corrected chi connectivity index (χ0v) is 15.0. The number of fused-ring (bicyclic) bond motifs is 2. The van der Waals surface area contributed by atoms with Gasteiger partial charge < -0.3 is 14.6 Å². The Morgan fingerprint density at radius 1 is 1.23 bits per heavy atom. The van der Waals surface area contributed by atoms with Crippen molar-refractivity contribution in [3.05, 3.63) is 41.7 Å². The predicted molar refractivity (Wildman–Crippen MR) is 99.0 cm³/mol. The van der Waals surface area contributed by atoms with Gasteiger partial charge in [-0.25, -0.2) is 0 Å². The molecule has 2 amide bonds. The van der Waals surface area contributed by atoms with Gasteiger partial charge in [-0.1, -0.05) is 12.1 Å². The topological polar surface area (TPSA) is 66.8 Å². The number of hydrogen-bond donors (Lipinski definition) is 1. The second kappa shape index (κ2) is 6.59. The van der Waals surface area contributed by atoms with Crippen molar-refractivity contribution in [1.29, 1.82) is 0 Å². The Morgan fingerprint density at radius 3 is 2.73 bits per heavy atom. The zero-order chi connectivity index (χ0) is 18.3. The summed E-state index contributed by atoms with van der Waals surface area (Å²) in [5, 5.41) is 2.93. The monoisotopic (exact) mass is 354 g/mol. The van der Waals surface area contributed by atoms with E-state index in [1.807, 2.05) is 44.4 Å². The number of morpholine rings is 1. The molecule has 0 aliphatic carbocycles. The van der Waals surface area contributed by atoms with Crippen LogP contribution in [0.2, 0.25) is 0 Å². The van der Waals surface area contributed by atoms with Gasteiger partial charge in [-0.15, -0.1) is 0 Å². The average molecular weight is 354 g/mol. The van der Waals surface area contributed by atoms with Gasteiger partial charge in [0.25, 0.3) is 5.91 Å². The van der Waals surface area contributed by atoms with Crippen molar-refractivity contribution in [2.24, 2.45) is 7.05 Å². The van der Waals surface area contributed by atoms with E-state index in [2.05, 4.69) is 10.2 Å². The quantitative estimate of drug-likeness (QED) is 0.894. The Kier molecular flexibility index (Phi) is 4.26. The van der Waals surface area contributed by atoms with Crippen LogP contribution in [0.1, 0.15) is 16.1 Å². The van der Waals surface area contributed by atoms with Gasteiger partial charge in [0.05, 0.1) is 36.8 Å². The Balaban J connectivity index is 1.80. The van der Waals surface area contributed by atoms with Gasteiger partial charge in [-0.05, 0) is 24.6 Å². The van der Waals surface area contributed by atoms with E-state index in [1.54, 1.807) is 9.47 Å². The van der Waals surface area contributed by atoms with Crippen molar-refractivity contribution in [1.82, 2.24) is 9.47 Å². The number of aryl methyl sites for hydroxylation is 2. The number of nitrogens with one attached hydrogen (secondary N) is 1. The minimum atomic E-state index is -0.204. The number of ether oxygens (including phenoxy) is 1. The van der Waals surface area contributed by atoms with Crippen molar-refractivity contribution in [2.75, 3.05) is 43.1 Å². The van der Waals surface area contributed by atoms with Gasteiger partial charge in [-0.3, -0.25) is 19.4 Å². The summed E-state index contributed by atoms with van der Waals surface area (Å²) in [6.07, 6.45) is 1.88. The number of hydrogen-bond acceptors (Lipinski definition) is 4. The first-order chi connectivity index (χ1) is 12.6. The number of rotatable bonds is 2. The molecule has 136 valence electrons. The van der Waals surface area contributed by atoms with Crippen molar-refractivity contribution < 1.29 is 14.3 Å². The maximum absolute atomic E-state index is 13.3. The van der Waals surface area contributed by atoms with Crippen molar-refractivity contribution >= 4 is 28.9 Å². The van der Waals surface area contributed by atoms with Crippen molar-refractivity contribution in [3.63, 3.8) is 0 Å². The van der Waals surface area contributed by atoms with Gasteiger partial charge >= 0.3 is 0 Å². The first-order valence-electron chi connectivity index (χ1n) is 8.75. The van der Waals surface area contributed by atoms with Crippen LogP contribution < -0.4 is 10.2 Å². The van der Waals surface area contributed by atoms with Crippen LogP contribution in [0.15, 0.2) is 30.5 Å². The molecule has 0 bridgehead atoms. The normalized spacial score (nSPS) is 17.3. The number of anilines is 3. The number of carbonyl (C=O) groups excluding carboxylic acids is 2. The first-order valence-corrected chi connectivity index (χ1v) is 8.75. The fourth-order valence-electron chi connectivity index (χ4n) is 3.68. The van der Waals surface area contributed by atoms with Crippen LogP contribution in [0.25, 0.3) is 0 Å². The zero-order valence-electron chi connectivity index (χ0n) is 15.0. The predicted octanol–water partition coefficient (Wildman–Crippen LogP) is 1.90. The molecule has 7 nitrogen and oxygen atoms in total. The standard InChI is InChI=1S/C19H22N4O3/c1-13-11-21(2)18-17(13)23(16(24)12-22-7-9-26-10-8-22)15-6-4-3-5-14(15)20-19(18)25/h3-6,11H,7-10,12H2,1-2H3,(H,20,25). The van der Waals surface area contributed by atoms with E-state index >= 15 is 0 Å². The van der Waals surface area contributed by atoms with Crippen LogP contribution in [0, 0.1) is 6.92 Å². The van der Waals surface area contributed by atoms with E-state index in [4.69, 9.17) is 4.74 Å². The Hall–Kier alpha value is -2.64. The number of carbonyl (C=O) groups is 2. The molecule has 0 saturated carbocycles. The molecule has 1 fully saturated rings. The highest BCUT2D eigenvalue weighted by Crippen LogP contribution is 2.40. The number of amides is 2. The lowest BCUT2D eigenvalue weighted by atomic mass is 10.2. The van der Waals surface area contributed by atoms with Crippen molar-refractivity contribution in [2.45, 2.75) is 6.92 Å². The Bertz CT molecular complexity index is 868. The van der Waals surface area contributed by atoms with Crippen LogP contribution in [0.3, 0.4) is 0 Å². The van der Waals surface area contributed by atoms with Crippen LogP contribution in [0.4, 0.5) is 17.1 Å². The summed E-state index contributed by atoms with van der Waals surface area (Å²) < 4.78 is 7.15. The summed E-state index contributed by atoms with van der Waals surface area (Å²) >= 11 is 0. The number of nitrogens with zero attached hydrogens (tertiary/aromatic N) is 3. The third-order valence-corrected chi connectivity index (χ3v) is 4.88. The van der Waals surface area contributed by atoms with Gasteiger partial charge in [0.1, 0.15) is 5.69 Å². The third kappa shape index (κ3) is 2.79. The highest BCUT2D eigenvalue weighted by Gasteiger charge is 2.33. The van der Waals surface area contributed by atoms with Gasteiger partial charge in [0.2, 0.25) is 5.91 Å². The van der Waals surface area contributed by atoms with Gasteiger partial charge in [0, 0.05) is 26.3 Å². The smallest absolute Gasteiger partial charge is 0.274 e. The van der Waals surface area contributed by atoms with Crippen LogP contribution in [0.5, 0.6) is 0 Å². The highest BCUT2D eigenvalue weighted by molar-refractivity contribution is 6.18. The molecule has 0 unspecified atom stereocenters. The van der Waals surface area contributed by atoms with E-state index < -0.39 is 0 Å². The lowest BCUT2D eigenvalue weighted by molar-refractivity contribution is -0.120. The molecule has 0 atom stereocenters. The second-order valence-electron chi connectivity index (χ2n) is 6.71. The molecule has 1 aromatic carbocycles. The molecular weight excluding hydrogens is 332 g/mol. The molecule has 1 N–H and O–H groups in total. The molecule has 0 spiro atoms. The maximum Gasteiger partial charge on any atom is 0.274 e. The molecule has 2 aliphatic heterocycles. The summed E-state index contributed by atoms with van der Waals surface area (Å²) in [5.41, 5.74) is 3.39. The minimum absolute atomic E-state index is 0.0496. The van der Waals surface area contributed by atoms with Gasteiger partial charge in [-0.2, -0.15) is 0 Å². The highest BCUT2D eigenvalue weighted by atomic mass is 16.5. The molecule has 0 radical (unpaired) electrons. The van der Waals surface area contributed by atoms with Crippen LogP contribution in [-0.2, 0) is 16.6 Å². The number of benzene rings is 1. The van der Waals surface area contributed by atoms with E-state index in [1.165, 1.54) is 0 Å². The lowest BCUT2D eigenvalue weighted by Crippen LogP contribution is -2.43. The van der Waals surface area contributed by atoms with Crippen molar-refractivity contribution in [3.8, 4) is 0 Å². The fourth-order valence-corrected chi connectivity index (χ4v) is 3.68. The molecule has 3 heterocycles. The molecule has 2 aliphatic rings. The molecule has 1 saturated heterocycles. The first kappa shape index (κ1) is 16.8. The molecular formula is C19H22N4O3. The van der Waals surface area contributed by atoms with Gasteiger partial charge in [0.15, 0.2) is 0 Å². The largest absolute Gasteiger partial charge is 0.379 e. The summed E-state index contributed by atoms with van der Waals surface area (Å²) in [5.74, 6) is -0.254. The van der Waals surface area contributed by atoms with Crippen LogP contribution in [-0.4, -0.2) is 54.1 Å². The minimum Gasteiger partial charge on any atom is -0.379 e. The van der Waals surface area contributed by atoms with E-state index in [-0.39, 0.29) is 11.8 Å². The molecule has 26 heavy (non-hydrogen) atoms. The Morgan fingerprint density at radius 2 is 1.96 bits per heavy atom. The summed E-state index contributed by atoms with van der Waals surface area (Å²) in [7, 11) is 1.83. The third-order valence-electron chi connectivity index (χ3n) is 4.88. The van der Waals surface area contributed by atoms with E-state index in [0.717, 1.165) is 18.7 Å². The van der Waals surface area contributed by atoms with Crippen LogP contribution >= 0.6 is 0 Å². The number of aromatic nitrogens is 1. The molecule has 4 rings (SSSR count). The summed E-state index contributed by atoms with van der Waals surface area (Å²) in [4.78, 5) is 29.8. The second-order valence-corrected chi connectivity index (χ2v) is 6.71. The fraction of sp³-hybridized carbons (Fsp3) is 0.368. The van der Waals surface area contributed by atoms with E-state index in [0.29, 0.717) is 42.5 Å². The lowest BCUT2D eigenvalue weighted by Gasteiger charge is -2.30. The molecule has 7 heteroatoms. The average Bonchev–Trinajstić information content (AvgIpc) is 2.83. The SMILES string of the molecule is Cc1cn(C)c2c1N(C(=O)CN1CCOCC1)c1ccccc1NC2=O. The maximum atomic E-state index is 13.3. The molecule has 1 aromatic heterocycles. The Labute approximate surface area is 152 Å². The molecule has 2 aromatic rings. The summed E-state index contributed by atoms with van der Waals surface area (Å²) in [6, 6.07) is 7.42.